The van der Waals surface area contributed by atoms with Crippen molar-refractivity contribution in [3.8, 4) is 5.75 Å². The third-order valence-corrected chi connectivity index (χ3v) is 9.01. The predicted octanol–water partition coefficient (Wildman–Crippen LogP) is 3.73. The summed E-state index contributed by atoms with van der Waals surface area (Å²) in [6, 6.07) is 13.0. The standard InChI is InChI=1S/C30H35N3O6/c1-36-19-8-9-20-21-10-11-33-15-17-12-25(39-29(34)16-4-6-18(31)7-5-16)28(37-2)26(30(35)38-3)22(17)14-24(33)27(21)32-23(20)13-19/h4-9,13,17,22,24-26,28,32H,10-12,14-15,31H2,1-3H3/t17-,22-,24+,25+,26-,28+/m1/s1. The number of hydrogen-bond acceptors (Lipinski definition) is 8. The van der Waals surface area contributed by atoms with E-state index >= 15 is 0 Å². The van der Waals surface area contributed by atoms with Gasteiger partial charge in [-0.2, -0.15) is 0 Å². The number of aromatic amines is 1. The molecule has 3 heterocycles. The van der Waals surface area contributed by atoms with Crippen molar-refractivity contribution in [3.05, 3.63) is 59.3 Å². The van der Waals surface area contributed by atoms with Gasteiger partial charge in [-0.15, -0.1) is 0 Å². The maximum absolute atomic E-state index is 13.3. The van der Waals surface area contributed by atoms with E-state index < -0.39 is 24.1 Å². The topological polar surface area (TPSA) is 116 Å². The molecule has 0 amide bonds. The lowest BCUT2D eigenvalue weighted by molar-refractivity contribution is -0.176. The average Bonchev–Trinajstić information content (AvgIpc) is 3.33. The summed E-state index contributed by atoms with van der Waals surface area (Å²) in [6.07, 6.45) is 1.20. The van der Waals surface area contributed by atoms with E-state index in [1.54, 1.807) is 38.5 Å². The molecular formula is C30H35N3O6. The molecule has 0 radical (unpaired) electrons. The summed E-state index contributed by atoms with van der Waals surface area (Å²) in [5, 5.41) is 1.23. The maximum atomic E-state index is 13.3. The average molecular weight is 534 g/mol. The third kappa shape index (κ3) is 4.43. The van der Waals surface area contributed by atoms with E-state index in [9.17, 15) is 9.59 Å². The molecule has 1 aliphatic carbocycles. The Kier molecular flexibility index (Phi) is 6.72. The summed E-state index contributed by atoms with van der Waals surface area (Å²) in [4.78, 5) is 32.5. The van der Waals surface area contributed by atoms with Crippen LogP contribution in [0.15, 0.2) is 42.5 Å². The van der Waals surface area contributed by atoms with Crippen molar-refractivity contribution in [1.29, 1.82) is 0 Å². The van der Waals surface area contributed by atoms with Gasteiger partial charge in [-0.05, 0) is 73.1 Å². The zero-order chi connectivity index (χ0) is 27.3. The number of nitrogen functional groups attached to an aromatic ring is 1. The van der Waals surface area contributed by atoms with Crippen LogP contribution < -0.4 is 10.5 Å². The van der Waals surface area contributed by atoms with E-state index in [4.69, 9.17) is 24.7 Å². The van der Waals surface area contributed by atoms with E-state index in [1.807, 2.05) is 12.1 Å². The van der Waals surface area contributed by atoms with Gasteiger partial charge >= 0.3 is 11.9 Å². The fourth-order valence-corrected chi connectivity index (χ4v) is 7.18. The number of benzene rings is 2. The zero-order valence-corrected chi connectivity index (χ0v) is 22.5. The number of carbonyl (C=O) groups is 2. The molecule has 0 spiro atoms. The van der Waals surface area contributed by atoms with Crippen LogP contribution in [-0.4, -0.2) is 68.4 Å². The molecule has 6 rings (SSSR count). The van der Waals surface area contributed by atoms with Crippen LogP contribution in [0.4, 0.5) is 5.69 Å². The highest BCUT2D eigenvalue weighted by Gasteiger charge is 2.54. The molecule has 0 unspecified atom stereocenters. The lowest BCUT2D eigenvalue weighted by Crippen LogP contribution is -2.58. The summed E-state index contributed by atoms with van der Waals surface area (Å²) < 4.78 is 22.6. The van der Waals surface area contributed by atoms with Gasteiger partial charge < -0.3 is 29.7 Å². The number of nitrogens with one attached hydrogen (secondary N) is 1. The van der Waals surface area contributed by atoms with Crippen LogP contribution in [0.25, 0.3) is 10.9 Å². The molecule has 3 aliphatic rings. The van der Waals surface area contributed by atoms with Gasteiger partial charge in [0.1, 0.15) is 18.0 Å². The maximum Gasteiger partial charge on any atom is 0.338 e. The second kappa shape index (κ2) is 10.2. The number of aromatic nitrogens is 1. The number of nitrogens with two attached hydrogens (primary N) is 1. The second-order valence-corrected chi connectivity index (χ2v) is 10.9. The summed E-state index contributed by atoms with van der Waals surface area (Å²) in [7, 11) is 4.66. The van der Waals surface area contributed by atoms with Crippen LogP contribution in [0.2, 0.25) is 0 Å². The quantitative estimate of drug-likeness (QED) is 0.377. The number of fused-ring (bicyclic) bond motifs is 6. The van der Waals surface area contributed by atoms with E-state index in [2.05, 4.69) is 16.0 Å². The van der Waals surface area contributed by atoms with Gasteiger partial charge in [-0.3, -0.25) is 9.69 Å². The van der Waals surface area contributed by atoms with Crippen molar-refractivity contribution in [2.75, 3.05) is 40.2 Å². The van der Waals surface area contributed by atoms with Crippen LogP contribution in [0.1, 0.15) is 40.5 Å². The van der Waals surface area contributed by atoms with E-state index in [-0.39, 0.29) is 23.8 Å². The van der Waals surface area contributed by atoms with Crippen LogP contribution in [0.3, 0.4) is 0 Å². The molecule has 9 nitrogen and oxygen atoms in total. The third-order valence-electron chi connectivity index (χ3n) is 9.01. The van der Waals surface area contributed by atoms with Crippen molar-refractivity contribution < 1.29 is 28.5 Å². The fourth-order valence-electron chi connectivity index (χ4n) is 7.18. The Balaban J connectivity index is 1.30. The number of H-pyrrole nitrogens is 1. The Morgan fingerprint density at radius 2 is 1.85 bits per heavy atom. The van der Waals surface area contributed by atoms with Gasteiger partial charge in [0.2, 0.25) is 0 Å². The molecule has 6 atom stereocenters. The molecule has 39 heavy (non-hydrogen) atoms. The minimum Gasteiger partial charge on any atom is -0.497 e. The number of nitrogens with zero attached hydrogens (tertiary/aromatic N) is 1. The molecule has 1 saturated heterocycles. The smallest absolute Gasteiger partial charge is 0.338 e. The number of methoxy groups -OCH3 is 3. The zero-order valence-electron chi connectivity index (χ0n) is 22.5. The Hall–Kier alpha value is -3.56. The molecule has 206 valence electrons. The largest absolute Gasteiger partial charge is 0.497 e. The molecular weight excluding hydrogens is 498 g/mol. The van der Waals surface area contributed by atoms with Crippen molar-refractivity contribution in [1.82, 2.24) is 9.88 Å². The monoisotopic (exact) mass is 533 g/mol. The first-order valence-electron chi connectivity index (χ1n) is 13.5. The van der Waals surface area contributed by atoms with Gasteiger partial charge in [-0.1, -0.05) is 0 Å². The first kappa shape index (κ1) is 25.7. The van der Waals surface area contributed by atoms with Crippen molar-refractivity contribution in [2.45, 2.75) is 37.5 Å². The number of carbonyl (C=O) groups excluding carboxylic acids is 2. The Morgan fingerprint density at radius 1 is 1.05 bits per heavy atom. The Bertz CT molecular complexity index is 1390. The summed E-state index contributed by atoms with van der Waals surface area (Å²) in [6.45, 7) is 1.75. The van der Waals surface area contributed by atoms with E-state index in [0.717, 1.165) is 37.2 Å². The minimum atomic E-state index is -0.599. The first-order valence-corrected chi connectivity index (χ1v) is 13.5. The molecule has 3 N–H and O–H groups in total. The molecule has 0 bridgehead atoms. The summed E-state index contributed by atoms with van der Waals surface area (Å²) in [5.41, 5.74) is 10.4. The highest BCUT2D eigenvalue weighted by molar-refractivity contribution is 5.90. The number of ether oxygens (including phenoxy) is 4. The minimum absolute atomic E-state index is 0.0297. The van der Waals surface area contributed by atoms with Gasteiger partial charge in [0.25, 0.3) is 0 Å². The Labute approximate surface area is 227 Å². The molecule has 2 aromatic carbocycles. The Morgan fingerprint density at radius 3 is 2.56 bits per heavy atom. The summed E-state index contributed by atoms with van der Waals surface area (Å²) >= 11 is 0. The number of piperidine rings is 1. The van der Waals surface area contributed by atoms with Crippen LogP contribution in [0.5, 0.6) is 5.75 Å². The van der Waals surface area contributed by atoms with Crippen LogP contribution in [0, 0.1) is 17.8 Å². The highest BCUT2D eigenvalue weighted by Crippen LogP contribution is 2.50. The van der Waals surface area contributed by atoms with Crippen LogP contribution >= 0.6 is 0 Å². The molecule has 2 fully saturated rings. The van der Waals surface area contributed by atoms with E-state index in [1.165, 1.54) is 23.8 Å². The van der Waals surface area contributed by atoms with Crippen molar-refractivity contribution >= 4 is 28.5 Å². The molecule has 1 aromatic heterocycles. The lowest BCUT2D eigenvalue weighted by atomic mass is 9.63. The van der Waals surface area contributed by atoms with Gasteiger partial charge in [-0.25, -0.2) is 4.79 Å². The van der Waals surface area contributed by atoms with Gasteiger partial charge in [0, 0.05) is 48.5 Å². The summed E-state index contributed by atoms with van der Waals surface area (Å²) in [5.74, 6) is -0.305. The van der Waals surface area contributed by atoms with Gasteiger partial charge in [0.15, 0.2) is 0 Å². The fraction of sp³-hybridized carbons (Fsp3) is 0.467. The van der Waals surface area contributed by atoms with Crippen molar-refractivity contribution in [3.63, 3.8) is 0 Å². The second-order valence-electron chi connectivity index (χ2n) is 10.9. The molecule has 1 saturated carbocycles. The van der Waals surface area contributed by atoms with Gasteiger partial charge in [0.05, 0.1) is 31.7 Å². The van der Waals surface area contributed by atoms with Crippen molar-refractivity contribution in [2.24, 2.45) is 17.8 Å². The number of rotatable bonds is 5. The molecule has 9 heteroatoms. The number of esters is 2. The van der Waals surface area contributed by atoms with Crippen LogP contribution in [-0.2, 0) is 25.4 Å². The molecule has 3 aromatic rings. The molecule has 2 aliphatic heterocycles. The first-order chi connectivity index (χ1) is 18.9. The lowest BCUT2D eigenvalue weighted by Gasteiger charge is -2.52. The number of anilines is 1. The number of hydrogen-bond donors (Lipinski definition) is 2. The highest BCUT2D eigenvalue weighted by atomic mass is 16.6. The van der Waals surface area contributed by atoms with E-state index in [0.29, 0.717) is 17.7 Å². The SMILES string of the molecule is COC(=O)[C@@H]1[C@@H]2C[C@H]3c4[nH]c5cc(OC)ccc5c4CCN3C[C@H]2C[C@H](OC(=O)c2ccc(N)cc2)[C@@H]1OC. The predicted molar refractivity (Wildman–Crippen MR) is 145 cm³/mol. The normalized spacial score (nSPS) is 28.2.